The molecule has 1 aliphatic carbocycles. The van der Waals surface area contributed by atoms with Crippen molar-refractivity contribution in [3.63, 3.8) is 0 Å². The molecule has 1 heterocycles. The Bertz CT molecular complexity index is 576. The van der Waals surface area contributed by atoms with Crippen molar-refractivity contribution in [2.24, 2.45) is 5.73 Å². The molecule has 19 heavy (non-hydrogen) atoms. The van der Waals surface area contributed by atoms with Gasteiger partial charge in [-0.3, -0.25) is 0 Å². The Balaban J connectivity index is 1.89. The van der Waals surface area contributed by atoms with Crippen molar-refractivity contribution >= 4 is 0 Å². The third-order valence-corrected chi connectivity index (χ3v) is 4.08. The molecule has 1 aromatic carbocycles. The second-order valence-corrected chi connectivity index (χ2v) is 5.43. The van der Waals surface area contributed by atoms with Crippen molar-refractivity contribution in [3.05, 3.63) is 47.1 Å². The minimum atomic E-state index is 0.0177. The van der Waals surface area contributed by atoms with E-state index in [9.17, 15) is 0 Å². The Morgan fingerprint density at radius 2 is 2.11 bits per heavy atom. The standard InChI is InChI=1S/C15H19N3O/c1-9(10(2)16)15-17-14(18-19-15)13-8-7-11-5-3-4-6-12(11)13/h3-6,9-10,13H,7-8,16H2,1-2H3. The maximum absolute atomic E-state index is 5.88. The number of fused-ring (bicyclic) bond motifs is 1. The first-order valence-corrected chi connectivity index (χ1v) is 6.83. The van der Waals surface area contributed by atoms with Crippen molar-refractivity contribution in [1.29, 1.82) is 0 Å². The van der Waals surface area contributed by atoms with Crippen LogP contribution in [0.1, 0.15) is 54.9 Å². The number of nitrogens with zero attached hydrogens (tertiary/aromatic N) is 2. The number of rotatable bonds is 3. The van der Waals surface area contributed by atoms with Gasteiger partial charge in [0, 0.05) is 12.0 Å². The first-order chi connectivity index (χ1) is 9.16. The highest BCUT2D eigenvalue weighted by atomic mass is 16.5. The van der Waals surface area contributed by atoms with Crippen LogP contribution in [0.3, 0.4) is 0 Å². The summed E-state index contributed by atoms with van der Waals surface area (Å²) >= 11 is 0. The zero-order valence-electron chi connectivity index (χ0n) is 11.3. The zero-order valence-corrected chi connectivity index (χ0v) is 11.3. The van der Waals surface area contributed by atoms with Crippen LogP contribution in [0, 0.1) is 0 Å². The summed E-state index contributed by atoms with van der Waals surface area (Å²) in [5, 5.41) is 4.16. The van der Waals surface area contributed by atoms with Crippen LogP contribution in [0.15, 0.2) is 28.8 Å². The summed E-state index contributed by atoms with van der Waals surface area (Å²) in [4.78, 5) is 4.55. The van der Waals surface area contributed by atoms with E-state index in [1.807, 2.05) is 13.8 Å². The van der Waals surface area contributed by atoms with Crippen LogP contribution >= 0.6 is 0 Å². The highest BCUT2D eigenvalue weighted by Gasteiger charge is 2.28. The summed E-state index contributed by atoms with van der Waals surface area (Å²) in [6.07, 6.45) is 2.15. The van der Waals surface area contributed by atoms with E-state index in [1.165, 1.54) is 11.1 Å². The van der Waals surface area contributed by atoms with E-state index in [4.69, 9.17) is 10.3 Å². The van der Waals surface area contributed by atoms with Crippen molar-refractivity contribution in [2.75, 3.05) is 0 Å². The molecule has 0 saturated carbocycles. The van der Waals surface area contributed by atoms with Gasteiger partial charge < -0.3 is 10.3 Å². The van der Waals surface area contributed by atoms with E-state index >= 15 is 0 Å². The Labute approximate surface area is 113 Å². The highest BCUT2D eigenvalue weighted by molar-refractivity contribution is 5.38. The van der Waals surface area contributed by atoms with Gasteiger partial charge >= 0.3 is 0 Å². The summed E-state index contributed by atoms with van der Waals surface area (Å²) in [5.41, 5.74) is 8.62. The highest BCUT2D eigenvalue weighted by Crippen LogP contribution is 2.36. The quantitative estimate of drug-likeness (QED) is 0.918. The minimum absolute atomic E-state index is 0.0177. The Morgan fingerprint density at radius 3 is 2.89 bits per heavy atom. The number of aryl methyl sites for hydroxylation is 1. The molecule has 0 bridgehead atoms. The molecule has 0 radical (unpaired) electrons. The van der Waals surface area contributed by atoms with Crippen LogP contribution < -0.4 is 5.73 Å². The monoisotopic (exact) mass is 257 g/mol. The number of hydrogen-bond donors (Lipinski definition) is 1. The van der Waals surface area contributed by atoms with Crippen molar-refractivity contribution < 1.29 is 4.52 Å². The molecule has 1 aromatic heterocycles. The van der Waals surface area contributed by atoms with Crippen LogP contribution in [-0.2, 0) is 6.42 Å². The van der Waals surface area contributed by atoms with E-state index in [0.29, 0.717) is 5.89 Å². The fourth-order valence-corrected chi connectivity index (χ4v) is 2.62. The molecule has 0 saturated heterocycles. The molecule has 0 fully saturated rings. The van der Waals surface area contributed by atoms with Gasteiger partial charge in [-0.25, -0.2) is 0 Å². The maximum Gasteiger partial charge on any atom is 0.231 e. The summed E-state index contributed by atoms with van der Waals surface area (Å²) < 4.78 is 5.37. The Morgan fingerprint density at radius 1 is 1.32 bits per heavy atom. The molecular weight excluding hydrogens is 238 g/mol. The van der Waals surface area contributed by atoms with Crippen LogP contribution in [0.4, 0.5) is 0 Å². The van der Waals surface area contributed by atoms with Gasteiger partial charge in [0.1, 0.15) is 0 Å². The molecule has 2 aromatic rings. The SMILES string of the molecule is CC(N)C(C)c1nc(C2CCc3ccccc32)no1. The van der Waals surface area contributed by atoms with E-state index in [2.05, 4.69) is 34.4 Å². The average Bonchev–Trinajstić information content (AvgIpc) is 3.03. The van der Waals surface area contributed by atoms with Gasteiger partial charge in [0.05, 0.1) is 5.92 Å². The second-order valence-electron chi connectivity index (χ2n) is 5.43. The number of hydrogen-bond acceptors (Lipinski definition) is 4. The summed E-state index contributed by atoms with van der Waals surface area (Å²) in [6.45, 7) is 3.98. The molecule has 0 aliphatic heterocycles. The Kier molecular flexibility index (Phi) is 3.11. The van der Waals surface area contributed by atoms with Gasteiger partial charge in [0.15, 0.2) is 5.82 Å². The fourth-order valence-electron chi connectivity index (χ4n) is 2.62. The molecule has 2 N–H and O–H groups in total. The van der Waals surface area contributed by atoms with E-state index in [1.54, 1.807) is 0 Å². The molecule has 3 rings (SSSR count). The summed E-state index contributed by atoms with van der Waals surface area (Å²) in [7, 11) is 0. The van der Waals surface area contributed by atoms with Crippen LogP contribution in [0.2, 0.25) is 0 Å². The third-order valence-electron chi connectivity index (χ3n) is 4.08. The molecule has 4 nitrogen and oxygen atoms in total. The van der Waals surface area contributed by atoms with Gasteiger partial charge in [-0.1, -0.05) is 36.3 Å². The van der Waals surface area contributed by atoms with Gasteiger partial charge in [0.2, 0.25) is 5.89 Å². The largest absolute Gasteiger partial charge is 0.339 e. The average molecular weight is 257 g/mol. The number of benzene rings is 1. The molecule has 3 atom stereocenters. The fraction of sp³-hybridized carbons (Fsp3) is 0.467. The van der Waals surface area contributed by atoms with Crippen LogP contribution in [0.5, 0.6) is 0 Å². The third kappa shape index (κ3) is 2.16. The molecule has 3 unspecified atom stereocenters. The molecule has 4 heteroatoms. The van der Waals surface area contributed by atoms with Crippen molar-refractivity contribution in [3.8, 4) is 0 Å². The van der Waals surface area contributed by atoms with Crippen molar-refractivity contribution in [1.82, 2.24) is 10.1 Å². The lowest BCUT2D eigenvalue weighted by Crippen LogP contribution is -2.22. The lowest BCUT2D eigenvalue weighted by molar-refractivity contribution is 0.342. The first-order valence-electron chi connectivity index (χ1n) is 6.83. The molecule has 100 valence electrons. The van der Waals surface area contributed by atoms with E-state index in [0.717, 1.165) is 18.7 Å². The van der Waals surface area contributed by atoms with E-state index < -0.39 is 0 Å². The number of nitrogens with two attached hydrogens (primary N) is 1. The van der Waals surface area contributed by atoms with Crippen molar-refractivity contribution in [2.45, 2.75) is 44.6 Å². The molecule has 1 aliphatic rings. The van der Waals surface area contributed by atoms with Crippen LogP contribution in [-0.4, -0.2) is 16.2 Å². The normalized spacial score (nSPS) is 21.1. The van der Waals surface area contributed by atoms with Gasteiger partial charge in [0.25, 0.3) is 0 Å². The summed E-state index contributed by atoms with van der Waals surface area (Å²) in [6, 6.07) is 8.52. The van der Waals surface area contributed by atoms with Gasteiger partial charge in [-0.2, -0.15) is 4.98 Å². The first kappa shape index (κ1) is 12.4. The lowest BCUT2D eigenvalue weighted by Gasteiger charge is -2.09. The van der Waals surface area contributed by atoms with E-state index in [-0.39, 0.29) is 17.9 Å². The topological polar surface area (TPSA) is 64.9 Å². The zero-order chi connectivity index (χ0) is 13.4. The smallest absolute Gasteiger partial charge is 0.231 e. The second kappa shape index (κ2) is 4.78. The lowest BCUT2D eigenvalue weighted by atomic mass is 10.0. The van der Waals surface area contributed by atoms with Gasteiger partial charge in [-0.05, 0) is 30.9 Å². The van der Waals surface area contributed by atoms with Crippen LogP contribution in [0.25, 0.3) is 0 Å². The molecular formula is C15H19N3O. The summed E-state index contributed by atoms with van der Waals surface area (Å²) in [5.74, 6) is 1.81. The molecule has 0 amide bonds. The molecule has 0 spiro atoms. The Hall–Kier alpha value is -1.68. The van der Waals surface area contributed by atoms with Gasteiger partial charge in [-0.15, -0.1) is 0 Å². The maximum atomic E-state index is 5.88. The predicted octanol–water partition coefficient (Wildman–Crippen LogP) is 2.60. The predicted molar refractivity (Wildman–Crippen MR) is 73.0 cm³/mol. The number of aromatic nitrogens is 2. The minimum Gasteiger partial charge on any atom is -0.339 e.